The van der Waals surface area contributed by atoms with Crippen molar-refractivity contribution < 1.29 is 63.5 Å². The quantitative estimate of drug-likeness (QED) is 0.0130. The molecule has 0 bridgehead atoms. The first kappa shape index (κ1) is 52.7. The average Bonchev–Trinajstić information content (AvgIpc) is 3.93. The van der Waals surface area contributed by atoms with Crippen molar-refractivity contribution in [2.24, 2.45) is 4.99 Å². The van der Waals surface area contributed by atoms with Gasteiger partial charge in [0.25, 0.3) is 5.91 Å². The zero-order chi connectivity index (χ0) is 49.2. The largest absolute Gasteiger partial charge is 0.480 e. The van der Waals surface area contributed by atoms with Crippen LogP contribution < -0.4 is 25.0 Å². The molecule has 0 spiro atoms. The van der Waals surface area contributed by atoms with Crippen molar-refractivity contribution in [2.45, 2.75) is 62.0 Å². The number of carboxylic acids is 2. The minimum Gasteiger partial charge on any atom is -0.480 e. The van der Waals surface area contributed by atoms with Gasteiger partial charge < -0.3 is 50.1 Å². The number of hydrogen-bond acceptors (Lipinski definition) is 16. The van der Waals surface area contributed by atoms with E-state index in [1.54, 1.807) is 41.2 Å². The maximum atomic E-state index is 12.8. The van der Waals surface area contributed by atoms with Crippen LogP contribution in [-0.4, -0.2) is 149 Å². The molecule has 7 N–H and O–H groups in total. The van der Waals surface area contributed by atoms with Gasteiger partial charge in [0.15, 0.2) is 12.4 Å². The molecular formula is C48H57N6O12S2+. The van der Waals surface area contributed by atoms with Crippen molar-refractivity contribution in [3.63, 3.8) is 0 Å². The Hall–Kier alpha value is -6.29. The number of amides is 1. The number of carbonyl (C=O) groups excluding carboxylic acids is 3. The molecule has 362 valence electrons. The van der Waals surface area contributed by atoms with Gasteiger partial charge >= 0.3 is 23.9 Å². The summed E-state index contributed by atoms with van der Waals surface area (Å²) in [6, 6.07) is 15.1. The summed E-state index contributed by atoms with van der Waals surface area (Å²) in [6.45, 7) is 4.18. The maximum Gasteiger partial charge on any atom is 0.328 e. The lowest BCUT2D eigenvalue weighted by Gasteiger charge is -2.24. The number of carboxylic acid groups (broad SMARTS) is 2. The predicted octanol–water partition coefficient (Wildman–Crippen LogP) is 2.58. The number of nitrogens with one attached hydrogen (secondary N) is 2. The van der Waals surface area contributed by atoms with E-state index < -0.39 is 72.4 Å². The number of aliphatic carboxylic acids is 2. The molecule has 3 heterocycles. The molecule has 3 aromatic rings. The van der Waals surface area contributed by atoms with Gasteiger partial charge in [-0.25, -0.2) is 14.4 Å². The van der Waals surface area contributed by atoms with E-state index in [4.69, 9.17) is 9.47 Å². The monoisotopic (exact) mass is 973 g/mol. The zero-order valence-electron chi connectivity index (χ0n) is 37.6. The highest BCUT2D eigenvalue weighted by Crippen LogP contribution is 2.29. The minimum absolute atomic E-state index is 0.0256. The number of anilines is 2. The number of methoxy groups -OCH3 is 2. The van der Waals surface area contributed by atoms with Gasteiger partial charge in [0, 0.05) is 67.2 Å². The third kappa shape index (κ3) is 15.9. The zero-order valence-corrected chi connectivity index (χ0v) is 39.2. The first-order chi connectivity index (χ1) is 32.7. The molecule has 2 aromatic carbocycles. The van der Waals surface area contributed by atoms with E-state index in [0.717, 1.165) is 49.7 Å². The van der Waals surface area contributed by atoms with Gasteiger partial charge in [-0.05, 0) is 52.6 Å². The van der Waals surface area contributed by atoms with Gasteiger partial charge in [-0.3, -0.25) is 19.9 Å². The second kappa shape index (κ2) is 26.3. The molecule has 18 nitrogen and oxygen atoms in total. The number of benzene rings is 2. The van der Waals surface area contributed by atoms with Crippen molar-refractivity contribution in [1.29, 1.82) is 0 Å². The predicted molar refractivity (Wildman–Crippen MR) is 262 cm³/mol. The first-order valence-corrected chi connectivity index (χ1v) is 24.0. The van der Waals surface area contributed by atoms with E-state index in [0.29, 0.717) is 31.5 Å². The molecule has 0 radical (unpaired) electrons. The molecule has 20 heteroatoms. The molecule has 68 heavy (non-hydrogen) atoms. The van der Waals surface area contributed by atoms with Crippen LogP contribution in [0.4, 0.5) is 11.4 Å². The lowest BCUT2D eigenvalue weighted by Crippen LogP contribution is -2.49. The van der Waals surface area contributed by atoms with Crippen LogP contribution in [-0.2, 0) is 40.0 Å². The van der Waals surface area contributed by atoms with Crippen LogP contribution in [0, 0.1) is 0 Å². The molecule has 2 aliphatic heterocycles. The topological polar surface area (TPSA) is 252 Å². The van der Waals surface area contributed by atoms with Crippen LogP contribution in [0.2, 0.25) is 0 Å². The van der Waals surface area contributed by atoms with Crippen molar-refractivity contribution in [1.82, 2.24) is 10.6 Å². The number of aromatic nitrogens is 1. The average molecular weight is 974 g/mol. The van der Waals surface area contributed by atoms with E-state index in [1.807, 2.05) is 82.6 Å². The molecular weight excluding hydrogens is 917 g/mol. The fourth-order valence-corrected chi connectivity index (χ4v) is 9.64. The minimum atomic E-state index is -1.30. The summed E-state index contributed by atoms with van der Waals surface area (Å²) in [5.74, 6) is -3.87. The van der Waals surface area contributed by atoms with Crippen LogP contribution in [0.3, 0.4) is 0 Å². The van der Waals surface area contributed by atoms with Gasteiger partial charge in [0.1, 0.15) is 30.4 Å². The Kier molecular flexibility index (Phi) is 20.4. The number of aliphatic imine (C=N–C) groups is 1. The second-order valence-corrected chi connectivity index (χ2v) is 18.4. The fraction of sp³-hybridized carbons (Fsp3) is 0.354. The number of β-amino-alcohol motifs (C(OH)–C–C–N with tert-alkyl or cyclic N) is 2. The van der Waals surface area contributed by atoms with Crippen LogP contribution in [0.1, 0.15) is 29.5 Å². The Morgan fingerprint density at radius 3 is 1.75 bits per heavy atom. The van der Waals surface area contributed by atoms with E-state index in [1.165, 1.54) is 20.4 Å². The van der Waals surface area contributed by atoms with Gasteiger partial charge in [0.2, 0.25) is 6.54 Å². The lowest BCUT2D eigenvalue weighted by molar-refractivity contribution is -0.684. The number of aliphatic hydroxyl groups excluding tert-OH is 3. The Morgan fingerprint density at radius 1 is 0.779 bits per heavy atom. The molecule has 2 fully saturated rings. The van der Waals surface area contributed by atoms with Gasteiger partial charge in [-0.15, -0.1) is 0 Å². The van der Waals surface area contributed by atoms with Gasteiger partial charge in [0.05, 0.1) is 33.0 Å². The number of esters is 2. The van der Waals surface area contributed by atoms with E-state index >= 15 is 0 Å². The van der Waals surface area contributed by atoms with Crippen LogP contribution in [0.5, 0.6) is 0 Å². The number of nitrogens with zero attached hydrogens (tertiary/aromatic N) is 4. The highest BCUT2D eigenvalue weighted by molar-refractivity contribution is 8.76. The Labute approximate surface area is 402 Å². The van der Waals surface area contributed by atoms with Gasteiger partial charge in [-0.2, -0.15) is 4.57 Å². The third-order valence-electron chi connectivity index (χ3n) is 10.9. The normalized spacial score (nSPS) is 19.9. The molecule has 7 atom stereocenters. The van der Waals surface area contributed by atoms with E-state index in [2.05, 4.69) is 22.2 Å². The molecule has 1 aromatic heterocycles. The standard InChI is InChI=1S/C48H56N6O12S2/c1-4-31(5-6-32-9-13-35(14-10-32)53-26-37(55)23-41(53)47(63)65-2)17-20-49-25-43(57)50-39(45(59)60)29-67-68-30-40(46(61)62)51-44(58)28-52-21-18-34(19-22-52)8-7-33-11-15-36(16-12-33)54-27-38(56)24-42(54)48(64)66-3/h4-22,37-43,50,55-57H,1,23-30H2,2-3H3,(H2-,51,58,59,60,61,62)/p+1/b6-5+,31-17+,49-20?. The highest BCUT2D eigenvalue weighted by atomic mass is 33.1. The Bertz CT molecular complexity index is 2330. The van der Waals surface area contributed by atoms with E-state index in [9.17, 15) is 49.5 Å². The maximum absolute atomic E-state index is 12.8. The summed E-state index contributed by atoms with van der Waals surface area (Å²) in [4.78, 5) is 68.9. The molecule has 5 rings (SSSR count). The number of ether oxygens (including phenoxy) is 2. The number of hydrogen-bond donors (Lipinski definition) is 7. The molecule has 7 unspecified atom stereocenters. The SMILES string of the molecule is C=CC(/C=C/c1ccc(N2CC(O)CC2C(=O)OC)cc1)=C\C=NCC(O)NC(CSSCC(NC(=O)C[n+]1ccc(/C=C/c2ccc(N3CC(O)CC3C(=O)OC)cc2)cc1)C(=O)O)C(=O)O. The molecule has 0 saturated carbocycles. The summed E-state index contributed by atoms with van der Waals surface area (Å²) >= 11 is 0. The molecule has 0 aliphatic carbocycles. The van der Waals surface area contributed by atoms with Crippen molar-refractivity contribution in [3.05, 3.63) is 120 Å². The van der Waals surface area contributed by atoms with E-state index in [-0.39, 0.29) is 24.6 Å². The second-order valence-electron chi connectivity index (χ2n) is 15.8. The number of carbonyl (C=O) groups is 5. The Balaban J connectivity index is 1.01. The lowest BCUT2D eigenvalue weighted by atomic mass is 10.1. The van der Waals surface area contributed by atoms with Gasteiger partial charge in [-0.1, -0.05) is 82.8 Å². The van der Waals surface area contributed by atoms with Crippen molar-refractivity contribution in [3.8, 4) is 0 Å². The highest BCUT2D eigenvalue weighted by Gasteiger charge is 2.38. The van der Waals surface area contributed by atoms with Crippen molar-refractivity contribution in [2.75, 3.05) is 55.2 Å². The summed E-state index contributed by atoms with van der Waals surface area (Å²) < 4.78 is 11.4. The first-order valence-electron chi connectivity index (χ1n) is 21.5. The smallest absolute Gasteiger partial charge is 0.328 e. The fourth-order valence-electron chi connectivity index (χ4n) is 7.32. The molecule has 2 saturated heterocycles. The van der Waals surface area contributed by atoms with Crippen LogP contribution in [0.15, 0.2) is 108 Å². The summed E-state index contributed by atoms with van der Waals surface area (Å²) in [6.07, 6.45) is 13.7. The molecule has 1 amide bonds. The summed E-state index contributed by atoms with van der Waals surface area (Å²) in [5, 5.41) is 55.3. The summed E-state index contributed by atoms with van der Waals surface area (Å²) in [5.41, 5.74) is 4.91. The molecule has 2 aliphatic rings. The van der Waals surface area contributed by atoms with Crippen molar-refractivity contribution >= 4 is 87.2 Å². The Morgan fingerprint density at radius 2 is 1.26 bits per heavy atom. The number of rotatable bonds is 24. The third-order valence-corrected chi connectivity index (χ3v) is 13.3. The van der Waals surface area contributed by atoms with Crippen LogP contribution >= 0.6 is 21.6 Å². The number of pyridine rings is 1. The number of aliphatic hydroxyl groups is 3. The summed E-state index contributed by atoms with van der Waals surface area (Å²) in [7, 11) is 4.80. The number of allylic oxidation sites excluding steroid dienone is 4. The van der Waals surface area contributed by atoms with Crippen LogP contribution in [0.25, 0.3) is 18.2 Å².